The first-order valence-electron chi connectivity index (χ1n) is 6.80. The second kappa shape index (κ2) is 6.78. The number of hydrogen-bond acceptors (Lipinski definition) is 6. The van der Waals surface area contributed by atoms with E-state index in [1.165, 1.54) is 26.3 Å². The smallest absolute Gasteiger partial charge is 0.308 e. The fourth-order valence-electron chi connectivity index (χ4n) is 1.97. The van der Waals surface area contributed by atoms with Crippen LogP contribution >= 0.6 is 0 Å². The number of anilines is 1. The molecule has 0 saturated carbocycles. The molecule has 2 rings (SSSR count). The van der Waals surface area contributed by atoms with E-state index >= 15 is 0 Å². The lowest BCUT2D eigenvalue weighted by Gasteiger charge is -2.08. The Labute approximate surface area is 132 Å². The zero-order valence-corrected chi connectivity index (χ0v) is 13.1. The summed E-state index contributed by atoms with van der Waals surface area (Å²) < 4.78 is 11.3. The molecule has 0 aliphatic carbocycles. The van der Waals surface area contributed by atoms with Crippen LogP contribution in [0.1, 0.15) is 18.1 Å². The summed E-state index contributed by atoms with van der Waals surface area (Å²) in [4.78, 5) is 22.9. The Bertz CT molecular complexity index is 825. The summed E-state index contributed by atoms with van der Waals surface area (Å²) in [6.45, 7) is 3.09. The minimum Gasteiger partial charge on any atom is -0.493 e. The van der Waals surface area contributed by atoms with Crippen LogP contribution in [-0.4, -0.2) is 24.0 Å². The number of ether oxygens (including phenoxy) is 2. The lowest BCUT2D eigenvalue weighted by atomic mass is 10.2. The van der Waals surface area contributed by atoms with Gasteiger partial charge in [0.05, 0.1) is 13.3 Å². The van der Waals surface area contributed by atoms with Gasteiger partial charge in [-0.3, -0.25) is 9.59 Å². The molecular weight excluding hydrogens is 298 g/mol. The van der Waals surface area contributed by atoms with Crippen molar-refractivity contribution in [3.63, 3.8) is 0 Å². The van der Waals surface area contributed by atoms with E-state index in [9.17, 15) is 9.59 Å². The van der Waals surface area contributed by atoms with Crippen LogP contribution in [0.25, 0.3) is 0 Å². The zero-order valence-electron chi connectivity index (χ0n) is 13.1. The third-order valence-corrected chi connectivity index (χ3v) is 2.94. The van der Waals surface area contributed by atoms with Gasteiger partial charge in [0, 0.05) is 13.0 Å². The Balaban J connectivity index is 2.34. The normalized spacial score (nSPS) is 10.7. The van der Waals surface area contributed by atoms with Gasteiger partial charge < -0.3 is 15.2 Å². The van der Waals surface area contributed by atoms with Crippen LogP contribution in [0.2, 0.25) is 0 Å². The van der Waals surface area contributed by atoms with E-state index in [2.05, 4.69) is 5.10 Å². The predicted octanol–water partition coefficient (Wildman–Crippen LogP) is 1.56. The minimum absolute atomic E-state index is 0.245. The van der Waals surface area contributed by atoms with Gasteiger partial charge in [0.2, 0.25) is 0 Å². The topological polar surface area (TPSA) is 95.9 Å². The number of esters is 1. The van der Waals surface area contributed by atoms with Crippen molar-refractivity contribution in [2.75, 3.05) is 12.8 Å². The van der Waals surface area contributed by atoms with Gasteiger partial charge in [-0.2, -0.15) is 9.78 Å². The van der Waals surface area contributed by atoms with Crippen LogP contribution in [0.3, 0.4) is 0 Å². The van der Waals surface area contributed by atoms with E-state index in [1.807, 2.05) is 0 Å². The average molecular weight is 315 g/mol. The van der Waals surface area contributed by atoms with E-state index in [4.69, 9.17) is 15.2 Å². The highest BCUT2D eigenvalue weighted by molar-refractivity contribution is 5.81. The van der Waals surface area contributed by atoms with Crippen molar-refractivity contribution in [2.45, 2.75) is 13.8 Å². The fourth-order valence-corrected chi connectivity index (χ4v) is 1.97. The quantitative estimate of drug-likeness (QED) is 0.524. The summed E-state index contributed by atoms with van der Waals surface area (Å²) in [5.74, 6) is 0.496. The van der Waals surface area contributed by atoms with E-state index in [0.717, 1.165) is 10.2 Å². The largest absolute Gasteiger partial charge is 0.493 e. The van der Waals surface area contributed by atoms with Gasteiger partial charge in [-0.25, -0.2) is 0 Å². The molecule has 2 aromatic rings. The van der Waals surface area contributed by atoms with Crippen LogP contribution in [0, 0.1) is 6.92 Å². The van der Waals surface area contributed by atoms with Crippen molar-refractivity contribution in [3.8, 4) is 11.5 Å². The van der Waals surface area contributed by atoms with Gasteiger partial charge in [0.25, 0.3) is 5.56 Å². The van der Waals surface area contributed by atoms with Crippen LogP contribution < -0.4 is 20.8 Å². The van der Waals surface area contributed by atoms with Crippen molar-refractivity contribution in [1.82, 2.24) is 4.68 Å². The Morgan fingerprint density at radius 2 is 2.00 bits per heavy atom. The Kier molecular flexibility index (Phi) is 4.80. The van der Waals surface area contributed by atoms with E-state index < -0.39 is 5.97 Å². The number of carbonyl (C=O) groups excluding carboxylic acids is 1. The number of aryl methyl sites for hydroxylation is 1. The predicted molar refractivity (Wildman–Crippen MR) is 87.1 cm³/mol. The van der Waals surface area contributed by atoms with Crippen molar-refractivity contribution >= 4 is 18.0 Å². The van der Waals surface area contributed by atoms with Gasteiger partial charge in [0.1, 0.15) is 5.82 Å². The van der Waals surface area contributed by atoms with E-state index in [-0.39, 0.29) is 11.4 Å². The van der Waals surface area contributed by atoms with Gasteiger partial charge in [-0.05, 0) is 42.3 Å². The third kappa shape index (κ3) is 3.97. The van der Waals surface area contributed by atoms with Gasteiger partial charge in [-0.15, -0.1) is 0 Å². The number of rotatable bonds is 4. The van der Waals surface area contributed by atoms with Crippen molar-refractivity contribution < 1.29 is 14.3 Å². The number of aromatic nitrogens is 1. The maximum atomic E-state index is 11.9. The average Bonchev–Trinajstić information content (AvgIpc) is 2.46. The highest BCUT2D eigenvalue weighted by Gasteiger charge is 2.07. The van der Waals surface area contributed by atoms with Crippen LogP contribution in [0.4, 0.5) is 5.82 Å². The summed E-state index contributed by atoms with van der Waals surface area (Å²) >= 11 is 0. The lowest BCUT2D eigenvalue weighted by Crippen LogP contribution is -2.19. The number of benzene rings is 1. The second-order valence-electron chi connectivity index (χ2n) is 4.86. The molecule has 120 valence electrons. The van der Waals surface area contributed by atoms with Crippen LogP contribution in [0.15, 0.2) is 40.2 Å². The minimum atomic E-state index is -0.441. The number of hydrogen-bond donors (Lipinski definition) is 1. The molecule has 0 spiro atoms. The van der Waals surface area contributed by atoms with E-state index in [0.29, 0.717) is 17.1 Å². The summed E-state index contributed by atoms with van der Waals surface area (Å²) in [6, 6.07) is 8.00. The molecule has 1 aromatic heterocycles. The maximum absolute atomic E-state index is 11.9. The molecule has 0 fully saturated rings. The van der Waals surface area contributed by atoms with Crippen LogP contribution in [-0.2, 0) is 4.79 Å². The second-order valence-corrected chi connectivity index (χ2v) is 4.86. The van der Waals surface area contributed by atoms with Crippen LogP contribution in [0.5, 0.6) is 11.5 Å². The third-order valence-electron chi connectivity index (χ3n) is 2.94. The highest BCUT2D eigenvalue weighted by Crippen LogP contribution is 2.27. The maximum Gasteiger partial charge on any atom is 0.308 e. The summed E-state index contributed by atoms with van der Waals surface area (Å²) in [5.41, 5.74) is 6.90. The molecule has 0 bridgehead atoms. The molecule has 2 N–H and O–H groups in total. The molecular formula is C16H17N3O4. The Morgan fingerprint density at radius 3 is 2.61 bits per heavy atom. The molecule has 7 heteroatoms. The highest BCUT2D eigenvalue weighted by atomic mass is 16.6. The Hall–Kier alpha value is -3.09. The van der Waals surface area contributed by atoms with E-state index in [1.54, 1.807) is 31.2 Å². The SMILES string of the molecule is COc1cc(C=Nn2c(N)cc(C)cc2=O)ccc1OC(C)=O. The lowest BCUT2D eigenvalue weighted by molar-refractivity contribution is -0.132. The van der Waals surface area contributed by atoms with Crippen molar-refractivity contribution in [1.29, 1.82) is 0 Å². The molecule has 0 amide bonds. The van der Waals surface area contributed by atoms with Crippen molar-refractivity contribution in [2.24, 2.45) is 5.10 Å². The number of nitrogen functional groups attached to an aromatic ring is 1. The Morgan fingerprint density at radius 1 is 1.26 bits per heavy atom. The molecule has 0 atom stereocenters. The van der Waals surface area contributed by atoms with Gasteiger partial charge in [-0.1, -0.05) is 0 Å². The molecule has 7 nitrogen and oxygen atoms in total. The number of carbonyl (C=O) groups is 1. The fraction of sp³-hybridized carbons (Fsp3) is 0.188. The monoisotopic (exact) mass is 315 g/mol. The zero-order chi connectivity index (χ0) is 17.0. The first-order valence-corrected chi connectivity index (χ1v) is 6.80. The first kappa shape index (κ1) is 16.3. The molecule has 0 radical (unpaired) electrons. The number of methoxy groups -OCH3 is 1. The number of nitrogens with two attached hydrogens (primary N) is 1. The summed E-state index contributed by atoms with van der Waals surface area (Å²) in [5, 5.41) is 4.07. The van der Waals surface area contributed by atoms with Gasteiger partial charge >= 0.3 is 5.97 Å². The molecule has 0 aliphatic rings. The molecule has 0 unspecified atom stereocenters. The summed E-state index contributed by atoms with van der Waals surface area (Å²) in [7, 11) is 1.46. The number of pyridine rings is 1. The molecule has 1 aromatic carbocycles. The number of nitrogens with zero attached hydrogens (tertiary/aromatic N) is 2. The molecule has 0 saturated heterocycles. The van der Waals surface area contributed by atoms with Crippen molar-refractivity contribution in [3.05, 3.63) is 51.8 Å². The summed E-state index contributed by atoms with van der Waals surface area (Å²) in [6.07, 6.45) is 1.47. The molecule has 1 heterocycles. The first-order chi connectivity index (χ1) is 10.9. The van der Waals surface area contributed by atoms with Gasteiger partial charge in [0.15, 0.2) is 11.5 Å². The standard InChI is InChI=1S/C16H17N3O4/c1-10-6-15(17)19(16(21)7-10)18-9-12-4-5-13(23-11(2)20)14(8-12)22-3/h4-9H,17H2,1-3H3. The molecule has 23 heavy (non-hydrogen) atoms. The molecule has 0 aliphatic heterocycles.